The number of carbonyl (C=O) groups is 1. The number of hydrogen-bond acceptors (Lipinski definition) is 7. The van der Waals surface area contributed by atoms with Gasteiger partial charge in [0, 0.05) is 35.7 Å². The Morgan fingerprint density at radius 1 is 1.31 bits per heavy atom. The number of hydrogen-bond donors (Lipinski definition) is 1. The molecule has 5 heterocycles. The van der Waals surface area contributed by atoms with Crippen molar-refractivity contribution in [3.8, 4) is 0 Å². The maximum absolute atomic E-state index is 13.7. The number of β-amino-alcohol motifs (C(OH)–C–C–N with tert-alkyl or cyclic N) is 1. The van der Waals surface area contributed by atoms with Crippen LogP contribution >= 0.6 is 11.3 Å². The van der Waals surface area contributed by atoms with Crippen molar-refractivity contribution < 1.29 is 14.7 Å². The minimum absolute atomic E-state index is 0.00444. The fraction of sp³-hybridized carbons (Fsp3) is 0.417. The summed E-state index contributed by atoms with van der Waals surface area (Å²) in [6, 6.07) is 5.86. The summed E-state index contributed by atoms with van der Waals surface area (Å²) in [5, 5.41) is 12.2. The molecular formula is C24H27N5O5S. The van der Waals surface area contributed by atoms with Crippen LogP contribution in [0.2, 0.25) is 0 Å². The molecule has 0 spiro atoms. The summed E-state index contributed by atoms with van der Waals surface area (Å²) < 4.78 is 4.62. The van der Waals surface area contributed by atoms with Crippen molar-refractivity contribution in [3.63, 3.8) is 0 Å². The van der Waals surface area contributed by atoms with E-state index in [0.717, 1.165) is 26.4 Å². The molecule has 4 aromatic heterocycles. The minimum atomic E-state index is -0.797. The quantitative estimate of drug-likeness (QED) is 0.451. The SMILES string of the molecule is Cc1cc2cccnc2n1Cc1sc2c(c1C(=O)N1CC(O)CO1)c(=O)n(C)c(=O)n2CC(C)C. The molecule has 0 bridgehead atoms. The van der Waals surface area contributed by atoms with Crippen LogP contribution in [0.5, 0.6) is 0 Å². The number of pyridine rings is 1. The van der Waals surface area contributed by atoms with E-state index >= 15 is 0 Å². The first-order chi connectivity index (χ1) is 16.7. The Kier molecular flexibility index (Phi) is 5.86. The zero-order valence-electron chi connectivity index (χ0n) is 20.0. The average Bonchev–Trinajstić information content (AvgIpc) is 3.50. The van der Waals surface area contributed by atoms with Crippen LogP contribution in [0.15, 0.2) is 34.0 Å². The summed E-state index contributed by atoms with van der Waals surface area (Å²) in [7, 11) is 1.43. The van der Waals surface area contributed by atoms with E-state index in [1.807, 2.05) is 43.5 Å². The third kappa shape index (κ3) is 3.89. The predicted octanol–water partition coefficient (Wildman–Crippen LogP) is 1.87. The molecule has 11 heteroatoms. The number of hydroxylamine groups is 2. The Labute approximate surface area is 204 Å². The Morgan fingerprint density at radius 2 is 2.09 bits per heavy atom. The highest BCUT2D eigenvalue weighted by Gasteiger charge is 2.33. The second kappa shape index (κ2) is 8.74. The summed E-state index contributed by atoms with van der Waals surface area (Å²) in [6.07, 6.45) is 0.916. The molecule has 1 aliphatic heterocycles. The van der Waals surface area contributed by atoms with Crippen LogP contribution in [0.1, 0.15) is 34.8 Å². The van der Waals surface area contributed by atoms with Crippen LogP contribution in [-0.4, -0.2) is 54.0 Å². The maximum Gasteiger partial charge on any atom is 0.331 e. The molecule has 1 atom stereocenters. The Hall–Kier alpha value is -3.28. The van der Waals surface area contributed by atoms with Crippen LogP contribution in [0.25, 0.3) is 21.3 Å². The van der Waals surface area contributed by atoms with E-state index < -0.39 is 23.3 Å². The highest BCUT2D eigenvalue weighted by molar-refractivity contribution is 7.19. The van der Waals surface area contributed by atoms with E-state index in [1.54, 1.807) is 10.8 Å². The van der Waals surface area contributed by atoms with Crippen LogP contribution in [0, 0.1) is 12.8 Å². The fourth-order valence-corrected chi connectivity index (χ4v) is 5.81. The molecule has 10 nitrogen and oxygen atoms in total. The van der Waals surface area contributed by atoms with Crippen LogP contribution in [-0.2, 0) is 25.0 Å². The van der Waals surface area contributed by atoms with Crippen molar-refractivity contribution in [2.75, 3.05) is 13.2 Å². The molecule has 0 radical (unpaired) electrons. The lowest BCUT2D eigenvalue weighted by atomic mass is 10.1. The smallest absolute Gasteiger partial charge is 0.331 e. The number of nitrogens with zero attached hydrogens (tertiary/aromatic N) is 5. The number of carbonyl (C=O) groups excluding carboxylic acids is 1. The molecule has 5 rings (SSSR count). The number of amides is 1. The molecule has 1 N–H and O–H groups in total. The molecular weight excluding hydrogens is 470 g/mol. The van der Waals surface area contributed by atoms with Crippen molar-refractivity contribution in [2.45, 2.75) is 40.0 Å². The van der Waals surface area contributed by atoms with Gasteiger partial charge in [0.05, 0.1) is 24.0 Å². The number of rotatable bonds is 5. The van der Waals surface area contributed by atoms with E-state index in [1.165, 1.54) is 18.4 Å². The molecule has 184 valence electrons. The molecule has 1 fully saturated rings. The number of aromatic nitrogens is 4. The minimum Gasteiger partial charge on any atom is -0.389 e. The van der Waals surface area contributed by atoms with Gasteiger partial charge in [-0.25, -0.2) is 14.8 Å². The molecule has 0 aliphatic carbocycles. The van der Waals surface area contributed by atoms with Gasteiger partial charge < -0.3 is 9.67 Å². The van der Waals surface area contributed by atoms with E-state index in [2.05, 4.69) is 4.98 Å². The first-order valence-electron chi connectivity index (χ1n) is 11.5. The van der Waals surface area contributed by atoms with Gasteiger partial charge in [-0.3, -0.25) is 23.6 Å². The van der Waals surface area contributed by atoms with E-state index in [0.29, 0.717) is 22.8 Å². The number of aliphatic hydroxyl groups is 1. The maximum atomic E-state index is 13.7. The van der Waals surface area contributed by atoms with Crippen molar-refractivity contribution in [3.05, 3.63) is 61.4 Å². The zero-order valence-corrected chi connectivity index (χ0v) is 20.8. The number of aliphatic hydroxyl groups excluding tert-OH is 1. The first-order valence-corrected chi connectivity index (χ1v) is 12.3. The zero-order chi connectivity index (χ0) is 25.0. The molecule has 1 amide bonds. The van der Waals surface area contributed by atoms with Crippen LogP contribution in [0.3, 0.4) is 0 Å². The monoisotopic (exact) mass is 497 g/mol. The molecule has 0 saturated carbocycles. The second-order valence-electron chi connectivity index (χ2n) is 9.34. The lowest BCUT2D eigenvalue weighted by Gasteiger charge is -2.16. The van der Waals surface area contributed by atoms with Gasteiger partial charge in [0.1, 0.15) is 23.2 Å². The number of aryl methyl sites for hydroxylation is 1. The topological polar surface area (TPSA) is 112 Å². The van der Waals surface area contributed by atoms with Gasteiger partial charge in [0.2, 0.25) is 0 Å². The number of fused-ring (bicyclic) bond motifs is 2. The molecule has 35 heavy (non-hydrogen) atoms. The molecule has 1 unspecified atom stereocenters. The standard InChI is InChI=1S/C24H27N5O5S/c1-13(2)9-28-23-19(21(31)26(4)24(28)33)18(22(32)29-10-16(30)12-34-29)17(35-23)11-27-14(3)8-15-6-5-7-25-20(15)27/h5-8,13,16,30H,9-12H2,1-4H3. The molecule has 4 aromatic rings. The first kappa shape index (κ1) is 23.5. The average molecular weight is 498 g/mol. The van der Waals surface area contributed by atoms with Gasteiger partial charge in [-0.1, -0.05) is 13.8 Å². The van der Waals surface area contributed by atoms with Gasteiger partial charge in [0.15, 0.2) is 0 Å². The Balaban J connectivity index is 1.78. The van der Waals surface area contributed by atoms with Crippen molar-refractivity contribution in [2.24, 2.45) is 13.0 Å². The van der Waals surface area contributed by atoms with Crippen LogP contribution < -0.4 is 11.2 Å². The summed E-state index contributed by atoms with van der Waals surface area (Å²) in [6.45, 7) is 6.66. The van der Waals surface area contributed by atoms with Crippen molar-refractivity contribution in [1.82, 2.24) is 23.7 Å². The highest BCUT2D eigenvalue weighted by Crippen LogP contribution is 2.33. The lowest BCUT2D eigenvalue weighted by molar-refractivity contribution is -0.0778. The Bertz CT molecular complexity index is 1580. The summed E-state index contributed by atoms with van der Waals surface area (Å²) in [5.74, 6) is -0.355. The lowest BCUT2D eigenvalue weighted by Crippen LogP contribution is -2.39. The summed E-state index contributed by atoms with van der Waals surface area (Å²) >= 11 is 1.27. The molecule has 1 saturated heterocycles. The van der Waals surface area contributed by atoms with Crippen LogP contribution in [0.4, 0.5) is 0 Å². The Morgan fingerprint density at radius 3 is 2.77 bits per heavy atom. The van der Waals surface area contributed by atoms with E-state index in [-0.39, 0.29) is 30.0 Å². The van der Waals surface area contributed by atoms with Gasteiger partial charge >= 0.3 is 5.69 Å². The van der Waals surface area contributed by atoms with E-state index in [4.69, 9.17) is 4.84 Å². The fourth-order valence-electron chi connectivity index (χ4n) is 4.54. The van der Waals surface area contributed by atoms with E-state index in [9.17, 15) is 19.5 Å². The second-order valence-corrected chi connectivity index (χ2v) is 10.4. The summed E-state index contributed by atoms with van der Waals surface area (Å²) in [5.41, 5.74) is 0.980. The normalized spacial score (nSPS) is 16.3. The number of thiophene rings is 1. The predicted molar refractivity (Wildman–Crippen MR) is 133 cm³/mol. The van der Waals surface area contributed by atoms with Gasteiger partial charge in [-0.2, -0.15) is 0 Å². The largest absolute Gasteiger partial charge is 0.389 e. The molecule has 0 aromatic carbocycles. The highest BCUT2D eigenvalue weighted by atomic mass is 32.1. The van der Waals surface area contributed by atoms with Crippen molar-refractivity contribution >= 4 is 38.5 Å². The van der Waals surface area contributed by atoms with Gasteiger partial charge in [-0.05, 0) is 31.0 Å². The van der Waals surface area contributed by atoms with Gasteiger partial charge in [-0.15, -0.1) is 11.3 Å². The van der Waals surface area contributed by atoms with Crippen molar-refractivity contribution in [1.29, 1.82) is 0 Å². The third-order valence-corrected chi connectivity index (χ3v) is 7.39. The third-order valence-electron chi connectivity index (χ3n) is 6.20. The summed E-state index contributed by atoms with van der Waals surface area (Å²) in [4.78, 5) is 51.1. The molecule has 1 aliphatic rings. The van der Waals surface area contributed by atoms with Gasteiger partial charge in [0.25, 0.3) is 11.5 Å².